The lowest BCUT2D eigenvalue weighted by molar-refractivity contribution is -0.127. The highest BCUT2D eigenvalue weighted by molar-refractivity contribution is 6.30. The second-order valence-corrected chi connectivity index (χ2v) is 5.61. The van der Waals surface area contributed by atoms with Crippen molar-refractivity contribution < 1.29 is 14.3 Å². The summed E-state index contributed by atoms with van der Waals surface area (Å²) in [6.45, 7) is 4.52. The molecule has 0 spiro atoms. The molecule has 0 aliphatic carbocycles. The first-order valence-corrected chi connectivity index (χ1v) is 7.82. The van der Waals surface area contributed by atoms with Crippen molar-refractivity contribution in [3.05, 3.63) is 59.1 Å². The Bertz CT molecular complexity index is 643. The summed E-state index contributed by atoms with van der Waals surface area (Å²) in [6.07, 6.45) is -0.604. The second kappa shape index (κ2) is 8.44. The van der Waals surface area contributed by atoms with Gasteiger partial charge in [0.25, 0.3) is 5.91 Å². The molecular weight excluding hydrogens is 314 g/mol. The van der Waals surface area contributed by atoms with Gasteiger partial charge < -0.3 is 14.8 Å². The Kier molecular flexibility index (Phi) is 6.29. The van der Waals surface area contributed by atoms with Crippen LogP contribution in [0.5, 0.6) is 11.5 Å². The number of ether oxygens (including phenoxy) is 2. The van der Waals surface area contributed by atoms with E-state index in [9.17, 15) is 4.79 Å². The molecule has 2 aromatic carbocycles. The van der Waals surface area contributed by atoms with Gasteiger partial charge in [0.2, 0.25) is 0 Å². The second-order valence-electron chi connectivity index (χ2n) is 5.17. The summed E-state index contributed by atoms with van der Waals surface area (Å²) in [5.74, 6) is 1.15. The van der Waals surface area contributed by atoms with E-state index in [4.69, 9.17) is 21.1 Å². The Morgan fingerprint density at radius 2 is 1.91 bits per heavy atom. The Morgan fingerprint density at radius 3 is 2.61 bits per heavy atom. The summed E-state index contributed by atoms with van der Waals surface area (Å²) in [7, 11) is 0. The van der Waals surface area contributed by atoms with E-state index < -0.39 is 6.10 Å². The highest BCUT2D eigenvalue weighted by Gasteiger charge is 2.14. The number of aryl methyl sites for hydroxylation is 1. The van der Waals surface area contributed by atoms with Crippen molar-refractivity contribution in [1.29, 1.82) is 0 Å². The predicted octanol–water partition coefficient (Wildman–Crippen LogP) is 3.61. The molecule has 0 aromatic heterocycles. The quantitative estimate of drug-likeness (QED) is 0.787. The zero-order valence-electron chi connectivity index (χ0n) is 13.2. The summed E-state index contributed by atoms with van der Waals surface area (Å²) in [5.41, 5.74) is 1.18. The van der Waals surface area contributed by atoms with Crippen LogP contribution < -0.4 is 14.8 Å². The highest BCUT2D eigenvalue weighted by Crippen LogP contribution is 2.18. The van der Waals surface area contributed by atoms with Gasteiger partial charge in [0, 0.05) is 5.02 Å². The number of rotatable bonds is 7. The van der Waals surface area contributed by atoms with Crippen LogP contribution in [0, 0.1) is 6.92 Å². The van der Waals surface area contributed by atoms with Gasteiger partial charge in [-0.05, 0) is 44.2 Å². The van der Waals surface area contributed by atoms with E-state index in [0.717, 1.165) is 5.75 Å². The first-order valence-electron chi connectivity index (χ1n) is 7.44. The van der Waals surface area contributed by atoms with Crippen molar-refractivity contribution >= 4 is 17.5 Å². The van der Waals surface area contributed by atoms with Gasteiger partial charge in [0.05, 0.1) is 6.54 Å². The smallest absolute Gasteiger partial charge is 0.260 e. The van der Waals surface area contributed by atoms with Crippen molar-refractivity contribution in [3.63, 3.8) is 0 Å². The van der Waals surface area contributed by atoms with Crippen LogP contribution in [0.2, 0.25) is 5.02 Å². The van der Waals surface area contributed by atoms with E-state index in [1.807, 2.05) is 31.2 Å². The van der Waals surface area contributed by atoms with Crippen LogP contribution in [-0.4, -0.2) is 25.2 Å². The van der Waals surface area contributed by atoms with Crippen molar-refractivity contribution in [2.45, 2.75) is 20.0 Å². The fraction of sp³-hybridized carbons (Fsp3) is 0.278. The van der Waals surface area contributed by atoms with Gasteiger partial charge in [-0.1, -0.05) is 35.4 Å². The molecule has 0 aliphatic rings. The minimum absolute atomic E-state index is 0.197. The zero-order valence-corrected chi connectivity index (χ0v) is 14.0. The lowest BCUT2D eigenvalue weighted by Crippen LogP contribution is -2.38. The summed E-state index contributed by atoms with van der Waals surface area (Å²) in [4.78, 5) is 12.0. The fourth-order valence-corrected chi connectivity index (χ4v) is 2.10. The van der Waals surface area contributed by atoms with Crippen LogP contribution in [0.3, 0.4) is 0 Å². The predicted molar refractivity (Wildman–Crippen MR) is 91.2 cm³/mol. The maximum absolute atomic E-state index is 12.0. The molecule has 23 heavy (non-hydrogen) atoms. The van der Waals surface area contributed by atoms with E-state index in [0.29, 0.717) is 23.9 Å². The number of halogens is 1. The van der Waals surface area contributed by atoms with Gasteiger partial charge in [-0.3, -0.25) is 4.79 Å². The monoisotopic (exact) mass is 333 g/mol. The average Bonchev–Trinajstić information content (AvgIpc) is 2.53. The van der Waals surface area contributed by atoms with Gasteiger partial charge in [-0.2, -0.15) is 0 Å². The van der Waals surface area contributed by atoms with Crippen LogP contribution in [-0.2, 0) is 4.79 Å². The zero-order chi connectivity index (χ0) is 16.7. The number of nitrogens with one attached hydrogen (secondary N) is 1. The lowest BCUT2D eigenvalue weighted by Gasteiger charge is -2.15. The number of carbonyl (C=O) groups excluding carboxylic acids is 1. The number of hydrogen-bond acceptors (Lipinski definition) is 3. The van der Waals surface area contributed by atoms with E-state index in [1.165, 1.54) is 5.56 Å². The number of hydrogen-bond donors (Lipinski definition) is 1. The van der Waals surface area contributed by atoms with Crippen molar-refractivity contribution in [2.24, 2.45) is 0 Å². The van der Waals surface area contributed by atoms with Gasteiger partial charge in [-0.25, -0.2) is 0 Å². The molecule has 0 saturated carbocycles. The molecule has 0 radical (unpaired) electrons. The first-order chi connectivity index (χ1) is 11.0. The molecule has 1 unspecified atom stereocenters. The molecule has 0 heterocycles. The highest BCUT2D eigenvalue weighted by atomic mass is 35.5. The minimum atomic E-state index is -0.604. The first kappa shape index (κ1) is 17.2. The van der Waals surface area contributed by atoms with Gasteiger partial charge in [0.1, 0.15) is 18.1 Å². The molecule has 122 valence electrons. The van der Waals surface area contributed by atoms with Crippen molar-refractivity contribution in [1.82, 2.24) is 5.32 Å². The van der Waals surface area contributed by atoms with E-state index in [1.54, 1.807) is 31.2 Å². The lowest BCUT2D eigenvalue weighted by atomic mass is 10.2. The topological polar surface area (TPSA) is 47.6 Å². The van der Waals surface area contributed by atoms with Crippen LogP contribution in [0.4, 0.5) is 0 Å². The molecule has 4 nitrogen and oxygen atoms in total. The third-order valence-corrected chi connectivity index (χ3v) is 3.40. The molecule has 0 fully saturated rings. The van der Waals surface area contributed by atoms with Gasteiger partial charge in [0.15, 0.2) is 6.10 Å². The number of benzene rings is 2. The molecule has 0 bridgehead atoms. The van der Waals surface area contributed by atoms with Gasteiger partial charge >= 0.3 is 0 Å². The molecule has 0 saturated heterocycles. The molecule has 2 rings (SSSR count). The Labute approximate surface area is 141 Å². The minimum Gasteiger partial charge on any atom is -0.492 e. The third kappa shape index (κ3) is 5.83. The van der Waals surface area contributed by atoms with E-state index >= 15 is 0 Å². The normalized spacial score (nSPS) is 11.6. The van der Waals surface area contributed by atoms with Crippen LogP contribution in [0.25, 0.3) is 0 Å². The molecule has 2 aromatic rings. The van der Waals surface area contributed by atoms with E-state index in [-0.39, 0.29) is 5.91 Å². The average molecular weight is 334 g/mol. The standard InChI is InChI=1S/C18H20ClNO3/c1-13-6-8-16(9-7-13)22-11-10-20-18(21)14(2)23-17-5-3-4-15(19)12-17/h3-9,12,14H,10-11H2,1-2H3,(H,20,21). The van der Waals surface area contributed by atoms with Crippen LogP contribution in [0.15, 0.2) is 48.5 Å². The molecule has 0 aliphatic heterocycles. The summed E-state index contributed by atoms with van der Waals surface area (Å²) in [6, 6.07) is 14.7. The third-order valence-electron chi connectivity index (χ3n) is 3.17. The number of carbonyl (C=O) groups is 1. The summed E-state index contributed by atoms with van der Waals surface area (Å²) in [5, 5.41) is 3.35. The van der Waals surface area contributed by atoms with E-state index in [2.05, 4.69) is 5.32 Å². The van der Waals surface area contributed by atoms with Gasteiger partial charge in [-0.15, -0.1) is 0 Å². The molecule has 1 atom stereocenters. The van der Waals surface area contributed by atoms with Crippen LogP contribution >= 0.6 is 11.6 Å². The largest absolute Gasteiger partial charge is 0.492 e. The van der Waals surface area contributed by atoms with Crippen molar-refractivity contribution in [3.8, 4) is 11.5 Å². The van der Waals surface area contributed by atoms with Crippen molar-refractivity contribution in [2.75, 3.05) is 13.2 Å². The maximum atomic E-state index is 12.0. The summed E-state index contributed by atoms with van der Waals surface area (Å²) < 4.78 is 11.1. The Hall–Kier alpha value is -2.20. The SMILES string of the molecule is Cc1ccc(OCCNC(=O)C(C)Oc2cccc(Cl)c2)cc1. The number of amides is 1. The Balaban J connectivity index is 1.70. The molecule has 1 N–H and O–H groups in total. The van der Waals surface area contributed by atoms with Crippen LogP contribution in [0.1, 0.15) is 12.5 Å². The molecule has 1 amide bonds. The molecular formula is C18H20ClNO3. The Morgan fingerprint density at radius 1 is 1.17 bits per heavy atom. The summed E-state index contributed by atoms with van der Waals surface area (Å²) >= 11 is 5.88. The molecule has 5 heteroatoms. The maximum Gasteiger partial charge on any atom is 0.260 e. The fourth-order valence-electron chi connectivity index (χ4n) is 1.92.